The van der Waals surface area contributed by atoms with Gasteiger partial charge in [0.25, 0.3) is 6.43 Å². The summed E-state index contributed by atoms with van der Waals surface area (Å²) in [6, 6.07) is -0.285. The van der Waals surface area contributed by atoms with Gasteiger partial charge in [-0.3, -0.25) is 0 Å². The fourth-order valence-corrected chi connectivity index (χ4v) is 1.86. The van der Waals surface area contributed by atoms with Crippen LogP contribution in [-0.4, -0.2) is 37.6 Å². The number of urea groups is 1. The molecule has 0 aliphatic carbocycles. The molecule has 12 heteroatoms. The Hall–Kier alpha value is -3.31. The summed E-state index contributed by atoms with van der Waals surface area (Å²) in [4.78, 5) is 33.0. The van der Waals surface area contributed by atoms with Crippen LogP contribution in [0.4, 0.5) is 24.1 Å². The van der Waals surface area contributed by atoms with E-state index in [0.717, 1.165) is 17.1 Å². The van der Waals surface area contributed by atoms with Gasteiger partial charge in [-0.15, -0.1) is 9.86 Å². The largest absolute Gasteiger partial charge is 0.432 e. The molecule has 0 aliphatic rings. The number of aromatic nitrogens is 4. The van der Waals surface area contributed by atoms with E-state index in [2.05, 4.69) is 20.5 Å². The van der Waals surface area contributed by atoms with Crippen LogP contribution in [0.3, 0.4) is 0 Å². The molecule has 26 heavy (non-hydrogen) atoms. The molecule has 3 amide bonds. The molecule has 0 radical (unpaired) electrons. The molecule has 0 spiro atoms. The van der Waals surface area contributed by atoms with Gasteiger partial charge in [0.1, 0.15) is 5.69 Å². The van der Waals surface area contributed by atoms with E-state index in [1.165, 1.54) is 12.4 Å². The third kappa shape index (κ3) is 4.62. The highest BCUT2D eigenvalue weighted by Crippen LogP contribution is 2.28. The molecular weight excluding hydrogens is 352 g/mol. The van der Waals surface area contributed by atoms with Crippen LogP contribution >= 0.6 is 0 Å². The second-order valence-corrected chi connectivity index (χ2v) is 6.11. The molecule has 0 saturated heterocycles. The van der Waals surface area contributed by atoms with Gasteiger partial charge in [0.2, 0.25) is 0 Å². The number of hydroxylamine groups is 1. The summed E-state index contributed by atoms with van der Waals surface area (Å²) in [7, 11) is 0. The number of hydrogen-bond donors (Lipinski definition) is 2. The van der Waals surface area contributed by atoms with E-state index in [-0.39, 0.29) is 11.5 Å². The summed E-state index contributed by atoms with van der Waals surface area (Å²) in [5.74, 6) is -0.239. The van der Waals surface area contributed by atoms with Crippen molar-refractivity contribution >= 4 is 17.8 Å². The topological polar surface area (TPSA) is 128 Å². The van der Waals surface area contributed by atoms with Gasteiger partial charge in [0.05, 0.1) is 24.2 Å². The quantitative estimate of drug-likeness (QED) is 0.796. The normalized spacial score (nSPS) is 11.3. The Balaban J connectivity index is 2.36. The van der Waals surface area contributed by atoms with Crippen molar-refractivity contribution in [2.24, 2.45) is 5.73 Å². The number of pyridine rings is 1. The maximum Gasteiger partial charge on any atom is 0.432 e. The number of amides is 3. The first-order valence-electron chi connectivity index (χ1n) is 7.33. The van der Waals surface area contributed by atoms with Crippen LogP contribution in [0, 0.1) is 0 Å². The first kappa shape index (κ1) is 19.0. The summed E-state index contributed by atoms with van der Waals surface area (Å²) in [5.41, 5.74) is 3.69. The van der Waals surface area contributed by atoms with Crippen molar-refractivity contribution in [2.45, 2.75) is 32.7 Å². The molecule has 0 saturated carbocycles. The van der Waals surface area contributed by atoms with E-state index >= 15 is 0 Å². The number of primary amides is 1. The van der Waals surface area contributed by atoms with Crippen LogP contribution in [0.15, 0.2) is 24.7 Å². The maximum absolute atomic E-state index is 13.4. The van der Waals surface area contributed by atoms with E-state index in [1.807, 2.05) is 0 Å². The second kappa shape index (κ2) is 7.29. The van der Waals surface area contributed by atoms with E-state index < -0.39 is 29.7 Å². The van der Waals surface area contributed by atoms with Gasteiger partial charge in [-0.05, 0) is 26.8 Å². The Morgan fingerprint density at radius 2 is 1.92 bits per heavy atom. The van der Waals surface area contributed by atoms with Crippen LogP contribution in [0.5, 0.6) is 0 Å². The molecule has 2 heterocycles. The van der Waals surface area contributed by atoms with Crippen molar-refractivity contribution in [1.82, 2.24) is 25.3 Å². The minimum Gasteiger partial charge on any atom is -0.349 e. The molecule has 0 fully saturated rings. The van der Waals surface area contributed by atoms with Crippen molar-refractivity contribution in [2.75, 3.05) is 5.06 Å². The maximum atomic E-state index is 13.4. The number of carbonyl (C=O) groups is 2. The van der Waals surface area contributed by atoms with Gasteiger partial charge in [-0.25, -0.2) is 23.4 Å². The Labute approximate surface area is 146 Å². The second-order valence-electron chi connectivity index (χ2n) is 6.11. The van der Waals surface area contributed by atoms with Gasteiger partial charge in [-0.1, -0.05) is 0 Å². The molecule has 0 bridgehead atoms. The lowest BCUT2D eigenvalue weighted by molar-refractivity contribution is 0.129. The molecule has 0 aliphatic heterocycles. The lowest BCUT2D eigenvalue weighted by Gasteiger charge is -2.24. The van der Waals surface area contributed by atoms with Crippen molar-refractivity contribution in [3.8, 4) is 5.82 Å². The third-order valence-corrected chi connectivity index (χ3v) is 2.81. The number of anilines is 1. The average Bonchev–Trinajstić information content (AvgIpc) is 3.04. The van der Waals surface area contributed by atoms with Gasteiger partial charge in [0.15, 0.2) is 5.82 Å². The van der Waals surface area contributed by atoms with E-state index in [1.54, 1.807) is 20.8 Å². The van der Waals surface area contributed by atoms with E-state index in [4.69, 9.17) is 10.6 Å². The number of hydrogen-bond acceptors (Lipinski definition) is 6. The van der Waals surface area contributed by atoms with Crippen molar-refractivity contribution in [3.63, 3.8) is 0 Å². The fraction of sp³-hybridized carbons (Fsp3) is 0.357. The number of nitrogens with one attached hydrogen (secondary N) is 1. The zero-order valence-electron chi connectivity index (χ0n) is 14.2. The fourth-order valence-electron chi connectivity index (χ4n) is 1.86. The molecule has 2 aromatic heterocycles. The smallest absolute Gasteiger partial charge is 0.349 e. The third-order valence-electron chi connectivity index (χ3n) is 2.81. The summed E-state index contributed by atoms with van der Waals surface area (Å²) >= 11 is 0. The minimum atomic E-state index is -2.96. The molecule has 140 valence electrons. The average molecular weight is 369 g/mol. The molecule has 0 aromatic carbocycles. The predicted octanol–water partition coefficient (Wildman–Crippen LogP) is 1.92. The predicted molar refractivity (Wildman–Crippen MR) is 85.5 cm³/mol. The van der Waals surface area contributed by atoms with Crippen molar-refractivity contribution in [3.05, 3.63) is 30.2 Å². The van der Waals surface area contributed by atoms with Crippen LogP contribution in [0.1, 0.15) is 32.8 Å². The van der Waals surface area contributed by atoms with Gasteiger partial charge in [0, 0.05) is 5.54 Å². The van der Waals surface area contributed by atoms with Crippen LogP contribution in [-0.2, 0) is 4.84 Å². The first-order valence-corrected chi connectivity index (χ1v) is 7.33. The molecule has 10 nitrogen and oxygen atoms in total. The van der Waals surface area contributed by atoms with Gasteiger partial charge in [-0.2, -0.15) is 10.2 Å². The number of carbonyl (C=O) groups excluding carboxylic acids is 2. The van der Waals surface area contributed by atoms with E-state index in [9.17, 15) is 18.4 Å². The molecule has 0 atom stereocenters. The molecule has 2 aromatic rings. The number of alkyl halides is 2. The molecule has 3 N–H and O–H groups in total. The summed E-state index contributed by atoms with van der Waals surface area (Å²) in [5, 5.41) is 10.3. The summed E-state index contributed by atoms with van der Waals surface area (Å²) < 4.78 is 26.8. The summed E-state index contributed by atoms with van der Waals surface area (Å²) in [6.45, 7) is 5.06. The number of nitrogens with two attached hydrogens (primary N) is 1. The monoisotopic (exact) mass is 369 g/mol. The Kier molecular flexibility index (Phi) is 5.33. The zero-order valence-corrected chi connectivity index (χ0v) is 14.2. The first-order chi connectivity index (χ1) is 12.1. The van der Waals surface area contributed by atoms with Crippen LogP contribution in [0.25, 0.3) is 5.82 Å². The molecular formula is C14H17F2N7O3. The highest BCUT2D eigenvalue weighted by Gasteiger charge is 2.25. The van der Waals surface area contributed by atoms with Crippen LogP contribution in [0.2, 0.25) is 0 Å². The van der Waals surface area contributed by atoms with E-state index in [0.29, 0.717) is 5.06 Å². The lowest BCUT2D eigenvalue weighted by Crippen LogP contribution is -2.46. The standard InChI is InChI=1S/C14H17F2N7O3/c1-14(2,3)21-13(25)26-22(12(17)24)8-6-9(10(15)16)11(18-7-8)23-19-4-5-20-23/h4-7,10H,1-3H3,(H2,17,24)(H,21,25). The van der Waals surface area contributed by atoms with Crippen molar-refractivity contribution in [1.29, 1.82) is 0 Å². The Morgan fingerprint density at radius 3 is 2.42 bits per heavy atom. The summed E-state index contributed by atoms with van der Waals surface area (Å²) in [6.07, 6.45) is -0.338. The number of halogens is 2. The SMILES string of the molecule is CC(C)(C)NC(=O)ON(C(N)=O)c1cnc(-n2nccn2)c(C(F)F)c1. The minimum absolute atomic E-state index is 0.239. The highest BCUT2D eigenvalue weighted by molar-refractivity contribution is 5.90. The number of nitrogens with zero attached hydrogens (tertiary/aromatic N) is 5. The lowest BCUT2D eigenvalue weighted by atomic mass is 10.1. The number of rotatable bonds is 3. The molecule has 0 unspecified atom stereocenters. The Bertz CT molecular complexity index is 790. The highest BCUT2D eigenvalue weighted by atomic mass is 19.3. The zero-order chi connectivity index (χ0) is 19.5. The Morgan fingerprint density at radius 1 is 1.31 bits per heavy atom. The van der Waals surface area contributed by atoms with Gasteiger partial charge < -0.3 is 15.9 Å². The molecule has 2 rings (SSSR count). The van der Waals surface area contributed by atoms with Crippen LogP contribution < -0.4 is 16.1 Å². The van der Waals surface area contributed by atoms with Crippen molar-refractivity contribution < 1.29 is 23.2 Å². The van der Waals surface area contributed by atoms with Gasteiger partial charge >= 0.3 is 12.1 Å².